The monoisotopic (exact) mass is 447 g/mol. The number of carboxylic acid groups (broad SMARTS) is 1. The lowest BCUT2D eigenvalue weighted by Gasteiger charge is -2.16. The molecule has 5 N–H and O–H groups in total. The van der Waals surface area contributed by atoms with Crippen molar-refractivity contribution in [1.29, 1.82) is 0 Å². The van der Waals surface area contributed by atoms with Gasteiger partial charge in [0.15, 0.2) is 5.65 Å². The predicted molar refractivity (Wildman–Crippen MR) is 101 cm³/mol. The zero-order valence-electron chi connectivity index (χ0n) is 16.2. The van der Waals surface area contributed by atoms with Crippen LogP contribution in [-0.2, 0) is 30.2 Å². The van der Waals surface area contributed by atoms with Crippen molar-refractivity contribution < 1.29 is 43.3 Å². The highest BCUT2D eigenvalue weighted by atomic mass is 31.2. The lowest BCUT2D eigenvalue weighted by atomic mass is 10.1. The number of hydrogen-bond donors (Lipinski definition) is 4. The smallest absolute Gasteiger partial charge is 0.433 e. The van der Waals surface area contributed by atoms with Gasteiger partial charge in [0.1, 0.15) is 5.52 Å². The number of anilines is 1. The quantitative estimate of drug-likeness (QED) is 0.318. The molecule has 2 heterocycles. The van der Waals surface area contributed by atoms with Crippen molar-refractivity contribution >= 4 is 42.4 Å². The van der Waals surface area contributed by atoms with Gasteiger partial charge in [-0.1, -0.05) is 0 Å². The van der Waals surface area contributed by atoms with Gasteiger partial charge >= 0.3 is 25.2 Å². The molecule has 0 spiro atoms. The van der Waals surface area contributed by atoms with Crippen molar-refractivity contribution in [2.45, 2.75) is 26.8 Å². The molecular weight excluding hydrogens is 425 g/mol. The Morgan fingerprint density at radius 2 is 1.70 bits per heavy atom. The molecule has 15 heteroatoms. The second-order valence-electron chi connectivity index (χ2n) is 5.96. The van der Waals surface area contributed by atoms with Gasteiger partial charge in [-0.05, 0) is 6.42 Å². The summed E-state index contributed by atoms with van der Waals surface area (Å²) in [6.45, 7) is 3.62. The molecule has 0 aliphatic rings. The van der Waals surface area contributed by atoms with Crippen LogP contribution in [0.5, 0.6) is 0 Å². The fraction of sp³-hybridized carbons (Fsp3) is 0.467. The number of carbonyl (C=O) groups excluding carboxylic acids is 2. The average Bonchev–Trinajstić information content (AvgIpc) is 3.02. The minimum absolute atomic E-state index is 0.112. The van der Waals surface area contributed by atoms with Gasteiger partial charge < -0.3 is 34.7 Å². The third-order valence-corrected chi connectivity index (χ3v) is 3.95. The van der Waals surface area contributed by atoms with Crippen LogP contribution in [0, 0.1) is 5.92 Å². The number of nitrogen functional groups attached to an aromatic ring is 1. The number of carbonyl (C=O) groups is 3. The number of imidazole rings is 1. The minimum Gasteiger partial charge on any atom is -0.472 e. The van der Waals surface area contributed by atoms with Gasteiger partial charge in [-0.15, -0.1) is 0 Å². The highest BCUT2D eigenvalue weighted by molar-refractivity contribution is 7.69. The summed E-state index contributed by atoms with van der Waals surface area (Å²) in [6, 6.07) is 0. The zero-order chi connectivity index (χ0) is 22.9. The first-order valence-corrected chi connectivity index (χ1v) is 10.0. The van der Waals surface area contributed by atoms with E-state index in [-0.39, 0.29) is 37.0 Å². The molecule has 0 saturated carbocycles. The van der Waals surface area contributed by atoms with E-state index in [0.717, 1.165) is 0 Å². The molecule has 0 saturated heterocycles. The summed E-state index contributed by atoms with van der Waals surface area (Å²) in [5.41, 5.74) is 4.79. The van der Waals surface area contributed by atoms with Crippen molar-refractivity contribution in [1.82, 2.24) is 19.5 Å². The van der Waals surface area contributed by atoms with Gasteiger partial charge in [-0.3, -0.25) is 9.59 Å². The first-order chi connectivity index (χ1) is 13.9. The molecule has 2 aromatic rings. The number of nitrogens with two attached hydrogens (primary N) is 1. The van der Waals surface area contributed by atoms with E-state index in [1.54, 1.807) is 12.5 Å². The van der Waals surface area contributed by atoms with Crippen LogP contribution in [0.4, 0.5) is 10.7 Å². The van der Waals surface area contributed by atoms with Crippen molar-refractivity contribution in [3.63, 3.8) is 0 Å². The molecule has 2 aromatic heterocycles. The maximum atomic E-state index is 11.0. The minimum atomic E-state index is -4.82. The SMILES string of the molecule is CC(=O)OCC(CCn1cnc2cnc(N)nc21)COC(C)=O.O=C(O)P(=O)(O)O. The van der Waals surface area contributed by atoms with E-state index >= 15 is 0 Å². The van der Waals surface area contributed by atoms with E-state index in [2.05, 4.69) is 15.0 Å². The molecular formula is C15H22N5O9P. The van der Waals surface area contributed by atoms with E-state index in [0.29, 0.717) is 24.1 Å². The summed E-state index contributed by atoms with van der Waals surface area (Å²) in [5.74, 6) is -0.673. The number of aryl methyl sites for hydroxylation is 1. The van der Waals surface area contributed by atoms with Crippen LogP contribution >= 0.6 is 7.60 Å². The van der Waals surface area contributed by atoms with Crippen molar-refractivity contribution in [2.75, 3.05) is 18.9 Å². The lowest BCUT2D eigenvalue weighted by Crippen LogP contribution is -2.21. The molecule has 0 atom stereocenters. The van der Waals surface area contributed by atoms with Crippen LogP contribution in [0.1, 0.15) is 20.3 Å². The van der Waals surface area contributed by atoms with Crippen molar-refractivity contribution in [3.8, 4) is 0 Å². The van der Waals surface area contributed by atoms with Gasteiger partial charge in [0.25, 0.3) is 0 Å². The molecule has 0 radical (unpaired) electrons. The Bertz CT molecular complexity index is 924. The number of rotatable bonds is 8. The Labute approximate surface area is 170 Å². The molecule has 2 rings (SSSR count). The lowest BCUT2D eigenvalue weighted by molar-refractivity contribution is -0.146. The van der Waals surface area contributed by atoms with Gasteiger partial charge in [0.05, 0.1) is 25.7 Å². The Kier molecular flexibility index (Phi) is 9.30. The molecule has 0 bridgehead atoms. The summed E-state index contributed by atoms with van der Waals surface area (Å²) in [5, 5.41) is 7.49. The van der Waals surface area contributed by atoms with E-state index in [9.17, 15) is 18.9 Å². The summed E-state index contributed by atoms with van der Waals surface area (Å²) < 4.78 is 21.3. The molecule has 0 unspecified atom stereocenters. The topological polar surface area (TPSA) is 217 Å². The van der Waals surface area contributed by atoms with Gasteiger partial charge in [0, 0.05) is 26.3 Å². The van der Waals surface area contributed by atoms with Crippen LogP contribution in [0.3, 0.4) is 0 Å². The number of fused-ring (bicyclic) bond motifs is 1. The fourth-order valence-corrected chi connectivity index (χ4v) is 2.04. The van der Waals surface area contributed by atoms with Crippen molar-refractivity contribution in [3.05, 3.63) is 12.5 Å². The standard InChI is InChI=1S/C14H19N5O4.CH3O5P/c1-9(20)22-6-11(7-23-10(2)21)3-4-19-8-17-12-5-16-14(15)18-13(12)19;2-1(3)7(4,5)6/h5,8,11H,3-4,6-7H2,1-2H3,(H2,15,16,18);(H,2,3)(H2,4,5,6). The molecule has 166 valence electrons. The van der Waals surface area contributed by atoms with E-state index in [1.165, 1.54) is 13.8 Å². The second-order valence-corrected chi connectivity index (χ2v) is 7.43. The molecule has 0 fully saturated rings. The van der Waals surface area contributed by atoms with Crippen molar-refractivity contribution in [2.24, 2.45) is 5.92 Å². The van der Waals surface area contributed by atoms with E-state index < -0.39 is 13.3 Å². The molecule has 0 aliphatic carbocycles. The molecule has 0 amide bonds. The molecule has 0 aromatic carbocycles. The summed E-state index contributed by atoms with van der Waals surface area (Å²) in [4.78, 5) is 58.6. The number of ether oxygens (including phenoxy) is 2. The highest BCUT2D eigenvalue weighted by Crippen LogP contribution is 2.34. The average molecular weight is 447 g/mol. The maximum Gasteiger partial charge on any atom is 0.433 e. The maximum absolute atomic E-state index is 11.0. The van der Waals surface area contributed by atoms with Crippen LogP contribution in [0.25, 0.3) is 11.2 Å². The number of hydrogen-bond acceptors (Lipinski definition) is 10. The molecule has 0 aliphatic heterocycles. The fourth-order valence-electron chi connectivity index (χ4n) is 2.04. The predicted octanol–water partition coefficient (Wildman–Crippen LogP) is 0.383. The van der Waals surface area contributed by atoms with Crippen LogP contribution in [0.15, 0.2) is 12.5 Å². The first kappa shape index (κ1) is 24.9. The van der Waals surface area contributed by atoms with Crippen LogP contribution in [-0.4, -0.2) is 65.3 Å². The number of aromatic nitrogens is 4. The van der Waals surface area contributed by atoms with Gasteiger partial charge in [0.2, 0.25) is 5.95 Å². The molecule has 14 nitrogen and oxygen atoms in total. The van der Waals surface area contributed by atoms with Gasteiger partial charge in [-0.25, -0.2) is 19.3 Å². The third-order valence-electron chi connectivity index (χ3n) is 3.45. The largest absolute Gasteiger partial charge is 0.472 e. The Balaban J connectivity index is 0.000000553. The third kappa shape index (κ3) is 8.94. The summed E-state index contributed by atoms with van der Waals surface area (Å²) >= 11 is 0. The first-order valence-electron chi connectivity index (χ1n) is 8.39. The van der Waals surface area contributed by atoms with Gasteiger partial charge in [-0.2, -0.15) is 4.98 Å². The second kappa shape index (κ2) is 11.2. The highest BCUT2D eigenvalue weighted by Gasteiger charge is 2.23. The number of nitrogens with zero attached hydrogens (tertiary/aromatic N) is 4. The Morgan fingerprint density at radius 3 is 2.17 bits per heavy atom. The molecule has 30 heavy (non-hydrogen) atoms. The summed E-state index contributed by atoms with van der Waals surface area (Å²) in [7, 11) is -4.82. The normalized spacial score (nSPS) is 11.0. The number of esters is 2. The van der Waals surface area contributed by atoms with Crippen LogP contribution < -0.4 is 5.73 Å². The summed E-state index contributed by atoms with van der Waals surface area (Å²) in [6.07, 6.45) is 3.83. The Hall–Kier alpha value is -3.09. The van der Waals surface area contributed by atoms with E-state index in [1.807, 2.05) is 4.57 Å². The van der Waals surface area contributed by atoms with Crippen LogP contribution in [0.2, 0.25) is 0 Å². The van der Waals surface area contributed by atoms with E-state index in [4.69, 9.17) is 30.1 Å². The zero-order valence-corrected chi connectivity index (χ0v) is 17.1. The Morgan fingerprint density at radius 1 is 1.17 bits per heavy atom.